The number of hydrogen-bond acceptors (Lipinski definition) is 4. The Morgan fingerprint density at radius 3 is 2.85 bits per heavy atom. The van der Waals surface area contributed by atoms with Gasteiger partial charge in [0.25, 0.3) is 0 Å². The lowest BCUT2D eigenvalue weighted by atomic mass is 10.2. The smallest absolute Gasteiger partial charge is 0.0586 e. The zero-order chi connectivity index (χ0) is 9.68. The maximum absolute atomic E-state index is 8.99. The third-order valence-electron chi connectivity index (χ3n) is 2.32. The van der Waals surface area contributed by atoms with E-state index >= 15 is 0 Å². The van der Waals surface area contributed by atoms with Crippen LogP contribution in [0, 0.1) is 0 Å². The third-order valence-corrected chi connectivity index (χ3v) is 2.32. The Kier molecular flexibility index (Phi) is 3.98. The molecule has 0 bridgehead atoms. The normalized spacial score (nSPS) is 28.8. The third kappa shape index (κ3) is 2.57. The Labute approximate surface area is 76.4 Å². The molecule has 2 atom stereocenters. The molecule has 1 aliphatic rings. The fourth-order valence-electron chi connectivity index (χ4n) is 1.71. The van der Waals surface area contributed by atoms with Crippen molar-refractivity contribution in [2.75, 3.05) is 26.3 Å². The molecule has 2 unspecified atom stereocenters. The molecule has 74 valence electrons. The van der Waals surface area contributed by atoms with Gasteiger partial charge in [0.2, 0.25) is 0 Å². The van der Waals surface area contributed by atoms with Crippen LogP contribution in [0.15, 0.2) is 5.11 Å². The average molecular weight is 186 g/mol. The minimum Gasteiger partial charge on any atom is -0.395 e. The van der Waals surface area contributed by atoms with Crippen molar-refractivity contribution in [2.45, 2.75) is 18.5 Å². The molecular formula is C7H14N4O2. The molecule has 0 radical (unpaired) electrons. The average Bonchev–Trinajstić information content (AvgIpc) is 2.49. The van der Waals surface area contributed by atoms with Crippen molar-refractivity contribution in [2.24, 2.45) is 5.11 Å². The quantitative estimate of drug-likeness (QED) is 0.359. The van der Waals surface area contributed by atoms with Crippen LogP contribution >= 0.6 is 0 Å². The number of nitrogens with zero attached hydrogens (tertiary/aromatic N) is 4. The SMILES string of the molecule is [N-]=[N+]=NC1CC(CO)N(CCO)C1. The monoisotopic (exact) mass is 186 g/mol. The molecule has 0 aromatic heterocycles. The van der Waals surface area contributed by atoms with Gasteiger partial charge in [0.15, 0.2) is 0 Å². The molecule has 0 amide bonds. The summed E-state index contributed by atoms with van der Waals surface area (Å²) in [5.41, 5.74) is 8.23. The largest absolute Gasteiger partial charge is 0.395 e. The number of rotatable bonds is 4. The Bertz CT molecular complexity index is 205. The molecule has 1 saturated heterocycles. The van der Waals surface area contributed by atoms with Crippen LogP contribution in [-0.2, 0) is 0 Å². The van der Waals surface area contributed by atoms with E-state index in [-0.39, 0.29) is 25.3 Å². The number of likely N-dealkylation sites (tertiary alicyclic amines) is 1. The summed E-state index contributed by atoms with van der Waals surface area (Å²) in [6.07, 6.45) is 0.681. The van der Waals surface area contributed by atoms with Gasteiger partial charge in [0, 0.05) is 24.0 Å². The van der Waals surface area contributed by atoms with Gasteiger partial charge in [0.1, 0.15) is 0 Å². The Morgan fingerprint density at radius 2 is 2.31 bits per heavy atom. The molecule has 6 heteroatoms. The molecule has 13 heavy (non-hydrogen) atoms. The highest BCUT2D eigenvalue weighted by Crippen LogP contribution is 2.19. The first-order valence-electron chi connectivity index (χ1n) is 4.31. The minimum absolute atomic E-state index is 0.0302. The van der Waals surface area contributed by atoms with Crippen molar-refractivity contribution in [1.82, 2.24) is 4.90 Å². The van der Waals surface area contributed by atoms with Crippen molar-refractivity contribution in [3.8, 4) is 0 Å². The molecule has 1 rings (SSSR count). The zero-order valence-electron chi connectivity index (χ0n) is 7.37. The second-order valence-electron chi connectivity index (χ2n) is 3.15. The Balaban J connectivity index is 2.50. The van der Waals surface area contributed by atoms with Gasteiger partial charge < -0.3 is 10.2 Å². The summed E-state index contributed by atoms with van der Waals surface area (Å²) in [5, 5.41) is 21.3. The van der Waals surface area contributed by atoms with Gasteiger partial charge in [-0.2, -0.15) is 0 Å². The number of hydrogen-bond donors (Lipinski definition) is 2. The molecule has 1 heterocycles. The van der Waals surface area contributed by atoms with Crippen LogP contribution in [0.5, 0.6) is 0 Å². The first-order chi connectivity index (χ1) is 6.31. The Hall–Kier alpha value is -0.810. The van der Waals surface area contributed by atoms with Crippen molar-refractivity contribution >= 4 is 0 Å². The fourth-order valence-corrected chi connectivity index (χ4v) is 1.71. The summed E-state index contributed by atoms with van der Waals surface area (Å²) >= 11 is 0. The van der Waals surface area contributed by atoms with Gasteiger partial charge >= 0.3 is 0 Å². The van der Waals surface area contributed by atoms with Gasteiger partial charge in [-0.15, -0.1) is 0 Å². The second kappa shape index (κ2) is 5.04. The van der Waals surface area contributed by atoms with E-state index in [4.69, 9.17) is 15.7 Å². The topological polar surface area (TPSA) is 92.5 Å². The molecule has 1 aliphatic heterocycles. The van der Waals surface area contributed by atoms with E-state index in [0.717, 1.165) is 0 Å². The lowest BCUT2D eigenvalue weighted by Crippen LogP contribution is -2.34. The highest BCUT2D eigenvalue weighted by molar-refractivity contribution is 4.88. The van der Waals surface area contributed by atoms with Gasteiger partial charge in [-0.25, -0.2) is 0 Å². The van der Waals surface area contributed by atoms with Gasteiger partial charge in [-0.05, 0) is 12.0 Å². The van der Waals surface area contributed by atoms with Gasteiger partial charge in [-0.1, -0.05) is 5.11 Å². The highest BCUT2D eigenvalue weighted by Gasteiger charge is 2.30. The zero-order valence-corrected chi connectivity index (χ0v) is 7.37. The maximum Gasteiger partial charge on any atom is 0.0586 e. The fraction of sp³-hybridized carbons (Fsp3) is 1.00. The van der Waals surface area contributed by atoms with Gasteiger partial charge in [-0.3, -0.25) is 4.90 Å². The summed E-state index contributed by atoms with van der Waals surface area (Å²) in [4.78, 5) is 4.68. The molecule has 0 saturated carbocycles. The van der Waals surface area contributed by atoms with E-state index in [1.807, 2.05) is 4.90 Å². The number of aliphatic hydroxyl groups excluding tert-OH is 2. The summed E-state index contributed by atoms with van der Waals surface area (Å²) < 4.78 is 0. The van der Waals surface area contributed by atoms with Gasteiger partial charge in [0.05, 0.1) is 19.3 Å². The standard InChI is InChI=1S/C7H14N4O2/c8-10-9-6-3-7(5-13)11(4-6)1-2-12/h6-7,12-13H,1-5H2. The summed E-state index contributed by atoms with van der Waals surface area (Å²) in [6.45, 7) is 1.29. The predicted octanol–water partition coefficient (Wildman–Crippen LogP) is -0.276. The molecule has 2 N–H and O–H groups in total. The molecular weight excluding hydrogens is 172 g/mol. The lowest BCUT2D eigenvalue weighted by molar-refractivity contribution is 0.134. The predicted molar refractivity (Wildman–Crippen MR) is 47.1 cm³/mol. The van der Waals surface area contributed by atoms with E-state index in [9.17, 15) is 0 Å². The second-order valence-corrected chi connectivity index (χ2v) is 3.15. The van der Waals surface area contributed by atoms with Crippen LogP contribution in [0.2, 0.25) is 0 Å². The van der Waals surface area contributed by atoms with E-state index in [2.05, 4.69) is 10.0 Å². The van der Waals surface area contributed by atoms with Crippen LogP contribution in [0.3, 0.4) is 0 Å². The maximum atomic E-state index is 8.99. The molecule has 0 aliphatic carbocycles. The molecule has 0 aromatic rings. The summed E-state index contributed by atoms with van der Waals surface area (Å²) in [7, 11) is 0. The summed E-state index contributed by atoms with van der Waals surface area (Å²) in [5.74, 6) is 0. The van der Waals surface area contributed by atoms with Crippen LogP contribution < -0.4 is 0 Å². The number of β-amino-alcohol motifs (C(OH)–C–C–N with tert-alkyl or cyclic N) is 1. The lowest BCUT2D eigenvalue weighted by Gasteiger charge is -2.20. The molecule has 0 spiro atoms. The van der Waals surface area contributed by atoms with Crippen LogP contribution in [0.1, 0.15) is 6.42 Å². The van der Waals surface area contributed by atoms with E-state index in [1.165, 1.54) is 0 Å². The van der Waals surface area contributed by atoms with E-state index in [1.54, 1.807) is 0 Å². The summed E-state index contributed by atoms with van der Waals surface area (Å²) in [6, 6.07) is -0.0312. The molecule has 0 aromatic carbocycles. The number of aliphatic hydroxyl groups is 2. The number of azide groups is 1. The van der Waals surface area contributed by atoms with Crippen LogP contribution in [0.4, 0.5) is 0 Å². The first-order valence-corrected chi connectivity index (χ1v) is 4.31. The van der Waals surface area contributed by atoms with Crippen molar-refractivity contribution in [1.29, 1.82) is 0 Å². The van der Waals surface area contributed by atoms with Crippen molar-refractivity contribution < 1.29 is 10.2 Å². The van der Waals surface area contributed by atoms with E-state index < -0.39 is 0 Å². The van der Waals surface area contributed by atoms with Crippen LogP contribution in [-0.4, -0.2) is 53.5 Å². The van der Waals surface area contributed by atoms with Crippen molar-refractivity contribution in [3.05, 3.63) is 10.4 Å². The van der Waals surface area contributed by atoms with E-state index in [0.29, 0.717) is 19.5 Å². The highest BCUT2D eigenvalue weighted by atomic mass is 16.3. The Morgan fingerprint density at radius 1 is 1.54 bits per heavy atom. The van der Waals surface area contributed by atoms with Crippen molar-refractivity contribution in [3.63, 3.8) is 0 Å². The molecule has 6 nitrogen and oxygen atoms in total. The molecule has 1 fully saturated rings. The first kappa shape index (κ1) is 10.3. The van der Waals surface area contributed by atoms with Crippen LogP contribution in [0.25, 0.3) is 10.4 Å². The minimum atomic E-state index is -0.0614.